The summed E-state index contributed by atoms with van der Waals surface area (Å²) in [6, 6.07) is 18.0. The molecule has 3 N–H and O–H groups in total. The lowest BCUT2D eigenvalue weighted by atomic mass is 9.93. The third-order valence-electron chi connectivity index (χ3n) is 6.41. The molecular formula is C29H28N2O7. The number of carbonyl (C=O) groups is 3. The molecule has 0 bridgehead atoms. The number of aliphatic hydroxyl groups is 1. The van der Waals surface area contributed by atoms with Gasteiger partial charge in [-0.2, -0.15) is 0 Å². The highest BCUT2D eigenvalue weighted by molar-refractivity contribution is 6.37. The molecule has 0 aromatic heterocycles. The number of nitrogen functional groups attached to an aromatic ring is 1. The Morgan fingerprint density at radius 3 is 2.05 bits per heavy atom. The first kappa shape index (κ1) is 26.4. The molecule has 196 valence electrons. The van der Waals surface area contributed by atoms with E-state index in [9.17, 15) is 19.5 Å². The monoisotopic (exact) mass is 516 g/mol. The summed E-state index contributed by atoms with van der Waals surface area (Å²) >= 11 is 0. The van der Waals surface area contributed by atoms with Crippen LogP contribution in [-0.2, 0) is 14.3 Å². The van der Waals surface area contributed by atoms with Crippen LogP contribution in [0.1, 0.15) is 27.9 Å². The molecule has 1 unspecified atom stereocenters. The molecule has 0 amide bonds. The van der Waals surface area contributed by atoms with E-state index in [-0.39, 0.29) is 28.2 Å². The van der Waals surface area contributed by atoms with Gasteiger partial charge in [0.15, 0.2) is 5.78 Å². The molecule has 1 heterocycles. The van der Waals surface area contributed by atoms with Crippen LogP contribution in [0.3, 0.4) is 0 Å². The fourth-order valence-electron chi connectivity index (χ4n) is 4.43. The van der Waals surface area contributed by atoms with Crippen LogP contribution in [-0.4, -0.2) is 49.7 Å². The maximum absolute atomic E-state index is 14.0. The number of benzene rings is 3. The number of nitrogens with two attached hydrogens (primary N) is 1. The molecule has 9 nitrogen and oxygen atoms in total. The predicted molar refractivity (Wildman–Crippen MR) is 142 cm³/mol. The van der Waals surface area contributed by atoms with Crippen LogP contribution in [0, 0.1) is 6.92 Å². The van der Waals surface area contributed by atoms with Crippen LogP contribution in [0.25, 0.3) is 5.70 Å². The molecule has 1 atom stereocenters. The smallest absolute Gasteiger partial charge is 0.310 e. The van der Waals surface area contributed by atoms with Gasteiger partial charge in [-0.1, -0.05) is 6.07 Å². The summed E-state index contributed by atoms with van der Waals surface area (Å²) in [6.07, 6.45) is -0.741. The van der Waals surface area contributed by atoms with E-state index in [1.165, 1.54) is 31.3 Å². The van der Waals surface area contributed by atoms with Gasteiger partial charge in [0.25, 0.3) is 0 Å². The molecule has 4 rings (SSSR count). The lowest BCUT2D eigenvalue weighted by Crippen LogP contribution is -2.52. The van der Waals surface area contributed by atoms with Crippen molar-refractivity contribution in [1.29, 1.82) is 0 Å². The van der Waals surface area contributed by atoms with Crippen LogP contribution < -0.4 is 20.1 Å². The molecule has 1 aliphatic rings. The minimum absolute atomic E-state index is 0.0992. The number of nitrogens with zero attached hydrogens (tertiary/aromatic N) is 1. The predicted octanol–water partition coefficient (Wildman–Crippen LogP) is 3.53. The molecule has 1 aliphatic heterocycles. The number of methoxy groups -OCH3 is 3. The summed E-state index contributed by atoms with van der Waals surface area (Å²) < 4.78 is 15.2. The van der Waals surface area contributed by atoms with Gasteiger partial charge >= 0.3 is 5.97 Å². The maximum Gasteiger partial charge on any atom is 0.310 e. The average molecular weight is 517 g/mol. The highest BCUT2D eigenvalue weighted by Gasteiger charge is 2.56. The van der Waals surface area contributed by atoms with Crippen molar-refractivity contribution in [3.63, 3.8) is 0 Å². The summed E-state index contributed by atoms with van der Waals surface area (Å²) in [5.74, 6) is -1.35. The molecule has 38 heavy (non-hydrogen) atoms. The van der Waals surface area contributed by atoms with Crippen molar-refractivity contribution in [1.82, 2.24) is 0 Å². The van der Waals surface area contributed by atoms with E-state index in [0.29, 0.717) is 17.1 Å². The number of hydrogen-bond donors (Lipinski definition) is 2. The van der Waals surface area contributed by atoms with Crippen LogP contribution >= 0.6 is 0 Å². The quantitative estimate of drug-likeness (QED) is 0.200. The first-order valence-electron chi connectivity index (χ1n) is 11.7. The zero-order valence-corrected chi connectivity index (χ0v) is 21.5. The van der Waals surface area contributed by atoms with Gasteiger partial charge in [0, 0.05) is 5.56 Å². The third kappa shape index (κ3) is 4.59. The average Bonchev–Trinajstić information content (AvgIpc) is 3.15. The largest absolute Gasteiger partial charge is 0.497 e. The molecule has 0 radical (unpaired) electrons. The Kier molecular flexibility index (Phi) is 7.23. The molecular weight excluding hydrogens is 488 g/mol. The minimum Gasteiger partial charge on any atom is -0.497 e. The van der Waals surface area contributed by atoms with Crippen molar-refractivity contribution in [3.8, 4) is 11.5 Å². The Labute approximate surface area is 220 Å². The normalized spacial score (nSPS) is 17.0. The number of anilines is 2. The number of ketones is 2. The molecule has 0 spiro atoms. The van der Waals surface area contributed by atoms with Gasteiger partial charge in [-0.25, -0.2) is 0 Å². The van der Waals surface area contributed by atoms with E-state index in [4.69, 9.17) is 19.9 Å². The number of ether oxygens (including phenoxy) is 3. The van der Waals surface area contributed by atoms with Crippen molar-refractivity contribution in [2.45, 2.75) is 19.1 Å². The fourth-order valence-corrected chi connectivity index (χ4v) is 4.43. The minimum atomic E-state index is -2.48. The Balaban J connectivity index is 2.04. The third-order valence-corrected chi connectivity index (χ3v) is 6.41. The summed E-state index contributed by atoms with van der Waals surface area (Å²) in [5.41, 5.74) is 5.54. The molecule has 3 aromatic rings. The molecule has 3 aromatic carbocycles. The maximum atomic E-state index is 14.0. The Hall–Kier alpha value is -4.63. The van der Waals surface area contributed by atoms with Gasteiger partial charge in [-0.3, -0.25) is 14.4 Å². The fraction of sp³-hybridized carbons (Fsp3) is 0.207. The first-order chi connectivity index (χ1) is 18.1. The number of carbonyl (C=O) groups excluding carboxylic acids is 3. The van der Waals surface area contributed by atoms with Crippen LogP contribution in [0.5, 0.6) is 11.5 Å². The molecule has 0 fully saturated rings. The van der Waals surface area contributed by atoms with Gasteiger partial charge in [0.05, 0.1) is 44.0 Å². The summed E-state index contributed by atoms with van der Waals surface area (Å²) in [4.78, 5) is 41.7. The number of esters is 1. The SMILES string of the molecule is COC(=O)CC1(O)C(=O)C(C(=O)c2ccc(OC)cc2)=C(c2ccc(OC)cc2)N1c1cc(C)ccc1N. The highest BCUT2D eigenvalue weighted by Crippen LogP contribution is 2.47. The first-order valence-corrected chi connectivity index (χ1v) is 11.7. The van der Waals surface area contributed by atoms with Crippen molar-refractivity contribution in [2.24, 2.45) is 0 Å². The van der Waals surface area contributed by atoms with E-state index in [1.807, 2.05) is 6.92 Å². The van der Waals surface area contributed by atoms with Gasteiger partial charge in [0.1, 0.15) is 17.9 Å². The number of hydrogen-bond acceptors (Lipinski definition) is 9. The second-order valence-corrected chi connectivity index (χ2v) is 8.81. The van der Waals surface area contributed by atoms with Gasteiger partial charge in [-0.15, -0.1) is 0 Å². The summed E-state index contributed by atoms with van der Waals surface area (Å²) in [6.45, 7) is 1.82. The molecule has 0 saturated heterocycles. The summed E-state index contributed by atoms with van der Waals surface area (Å²) in [5, 5.41) is 12.0. The van der Waals surface area contributed by atoms with Crippen molar-refractivity contribution < 1.29 is 33.7 Å². The van der Waals surface area contributed by atoms with Crippen LogP contribution in [0.4, 0.5) is 11.4 Å². The van der Waals surface area contributed by atoms with Crippen molar-refractivity contribution in [2.75, 3.05) is 32.0 Å². The Morgan fingerprint density at radius 1 is 0.921 bits per heavy atom. The number of Topliss-reactive ketones (excluding diaryl/α,β-unsaturated/α-hetero) is 2. The van der Waals surface area contributed by atoms with E-state index in [0.717, 1.165) is 12.7 Å². The lowest BCUT2D eigenvalue weighted by molar-refractivity contribution is -0.150. The Morgan fingerprint density at radius 2 is 1.50 bits per heavy atom. The molecule has 0 saturated carbocycles. The van der Waals surface area contributed by atoms with Crippen molar-refractivity contribution in [3.05, 3.63) is 89.0 Å². The zero-order valence-electron chi connectivity index (χ0n) is 21.5. The summed E-state index contributed by atoms with van der Waals surface area (Å²) in [7, 11) is 4.16. The van der Waals surface area contributed by atoms with Gasteiger partial charge in [-0.05, 0) is 78.7 Å². The van der Waals surface area contributed by atoms with Gasteiger partial charge in [0.2, 0.25) is 11.5 Å². The van der Waals surface area contributed by atoms with E-state index >= 15 is 0 Å². The Bertz CT molecular complexity index is 1430. The highest BCUT2D eigenvalue weighted by atomic mass is 16.5. The zero-order chi connectivity index (χ0) is 27.6. The number of rotatable bonds is 8. The van der Waals surface area contributed by atoms with E-state index < -0.39 is 29.7 Å². The standard InChI is InChI=1S/C29H28N2O7/c1-17-5-14-22(30)23(15-17)31-26(18-6-10-20(36-2)11-7-18)25(28(34)29(31,35)16-24(32)38-4)27(33)19-8-12-21(37-3)13-9-19/h5-15,35H,16,30H2,1-4H3. The van der Waals surface area contributed by atoms with Crippen LogP contribution in [0.15, 0.2) is 72.3 Å². The van der Waals surface area contributed by atoms with Gasteiger partial charge < -0.3 is 30.0 Å². The topological polar surface area (TPSA) is 128 Å². The lowest BCUT2D eigenvalue weighted by Gasteiger charge is -2.36. The molecule has 0 aliphatic carbocycles. The van der Waals surface area contributed by atoms with Crippen molar-refractivity contribution >= 4 is 34.6 Å². The second kappa shape index (κ2) is 10.4. The second-order valence-electron chi connectivity index (χ2n) is 8.81. The van der Waals surface area contributed by atoms with E-state index in [2.05, 4.69) is 0 Å². The number of aryl methyl sites for hydroxylation is 1. The van der Waals surface area contributed by atoms with Crippen LogP contribution in [0.2, 0.25) is 0 Å². The molecule has 9 heteroatoms. The van der Waals surface area contributed by atoms with E-state index in [1.54, 1.807) is 54.6 Å².